The Labute approximate surface area is 145 Å². The molecule has 1 N–H and O–H groups in total. The quantitative estimate of drug-likeness (QED) is 0.771. The fourth-order valence-electron chi connectivity index (χ4n) is 3.46. The van der Waals surface area contributed by atoms with Crippen molar-refractivity contribution in [2.45, 2.75) is 51.5 Å². The minimum absolute atomic E-state index is 0.625. The average molecular weight is 324 g/mol. The molecule has 0 bridgehead atoms. The van der Waals surface area contributed by atoms with Crippen LogP contribution in [-0.2, 0) is 6.42 Å². The van der Waals surface area contributed by atoms with Crippen LogP contribution < -0.4 is 10.2 Å². The molecule has 2 heterocycles. The van der Waals surface area contributed by atoms with Crippen molar-refractivity contribution in [2.75, 3.05) is 23.3 Å². The van der Waals surface area contributed by atoms with E-state index in [0.29, 0.717) is 6.04 Å². The van der Waals surface area contributed by atoms with E-state index < -0.39 is 0 Å². The van der Waals surface area contributed by atoms with E-state index in [4.69, 9.17) is 4.98 Å². The molecule has 0 radical (unpaired) electrons. The van der Waals surface area contributed by atoms with Crippen LogP contribution in [0.1, 0.15) is 44.6 Å². The molecule has 0 saturated carbocycles. The summed E-state index contributed by atoms with van der Waals surface area (Å²) < 4.78 is 0. The number of hydrogen-bond donors (Lipinski definition) is 1. The maximum Gasteiger partial charge on any atom is 0.224 e. The lowest BCUT2D eigenvalue weighted by Crippen LogP contribution is -2.39. The minimum atomic E-state index is 0.625. The number of rotatable bonds is 7. The highest BCUT2D eigenvalue weighted by atomic mass is 15.2. The van der Waals surface area contributed by atoms with Gasteiger partial charge >= 0.3 is 0 Å². The van der Waals surface area contributed by atoms with Crippen LogP contribution in [0.3, 0.4) is 0 Å². The zero-order valence-corrected chi connectivity index (χ0v) is 14.6. The molecule has 2 aromatic rings. The van der Waals surface area contributed by atoms with E-state index in [1.807, 2.05) is 12.3 Å². The highest BCUT2D eigenvalue weighted by Gasteiger charge is 2.22. The van der Waals surface area contributed by atoms with Crippen molar-refractivity contribution in [3.05, 3.63) is 48.2 Å². The molecule has 1 atom stereocenters. The first-order valence-corrected chi connectivity index (χ1v) is 9.24. The van der Waals surface area contributed by atoms with Gasteiger partial charge in [0.2, 0.25) is 5.95 Å². The zero-order chi connectivity index (χ0) is 16.6. The average Bonchev–Trinajstić information content (AvgIpc) is 2.66. The van der Waals surface area contributed by atoms with Crippen LogP contribution in [-0.4, -0.2) is 29.1 Å². The van der Waals surface area contributed by atoms with E-state index >= 15 is 0 Å². The summed E-state index contributed by atoms with van der Waals surface area (Å²) in [6.07, 6.45) is 9.11. The first-order chi connectivity index (χ1) is 11.9. The Kier molecular flexibility index (Phi) is 6.05. The highest BCUT2D eigenvalue weighted by molar-refractivity contribution is 5.44. The Balaban J connectivity index is 1.53. The van der Waals surface area contributed by atoms with Crippen LogP contribution in [0, 0.1) is 0 Å². The molecule has 1 saturated heterocycles. The topological polar surface area (TPSA) is 41.1 Å². The molecular weight excluding hydrogens is 296 g/mol. The fourth-order valence-corrected chi connectivity index (χ4v) is 3.46. The molecule has 0 amide bonds. The van der Waals surface area contributed by atoms with Crippen molar-refractivity contribution in [1.29, 1.82) is 0 Å². The number of anilines is 2. The minimum Gasteiger partial charge on any atom is -0.354 e. The van der Waals surface area contributed by atoms with Gasteiger partial charge in [0, 0.05) is 25.3 Å². The van der Waals surface area contributed by atoms with E-state index in [9.17, 15) is 0 Å². The molecule has 1 aliphatic rings. The summed E-state index contributed by atoms with van der Waals surface area (Å²) in [7, 11) is 0. The number of hydrogen-bond acceptors (Lipinski definition) is 4. The standard InChI is InChI=1S/C20H28N4/c1-2-18-12-6-7-16-24(18)19-13-15-22-20(23-19)21-14-8-11-17-9-4-3-5-10-17/h3-5,9-10,13,15,18H,2,6-8,11-12,14,16H2,1H3,(H,21,22,23). The van der Waals surface area contributed by atoms with E-state index in [-0.39, 0.29) is 0 Å². The van der Waals surface area contributed by atoms with Crippen LogP contribution in [0.15, 0.2) is 42.6 Å². The Morgan fingerprint density at radius 3 is 2.88 bits per heavy atom. The molecule has 1 aliphatic heterocycles. The van der Waals surface area contributed by atoms with E-state index in [2.05, 4.69) is 52.5 Å². The van der Waals surface area contributed by atoms with Crippen molar-refractivity contribution in [3.8, 4) is 0 Å². The number of nitrogens with one attached hydrogen (secondary N) is 1. The first kappa shape index (κ1) is 16.7. The van der Waals surface area contributed by atoms with Crippen molar-refractivity contribution >= 4 is 11.8 Å². The van der Waals surface area contributed by atoms with Gasteiger partial charge in [0.1, 0.15) is 5.82 Å². The van der Waals surface area contributed by atoms with Gasteiger partial charge < -0.3 is 10.2 Å². The molecule has 4 nitrogen and oxygen atoms in total. The van der Waals surface area contributed by atoms with Gasteiger partial charge in [-0.3, -0.25) is 0 Å². The molecule has 1 fully saturated rings. The van der Waals surface area contributed by atoms with Gasteiger partial charge in [-0.05, 0) is 50.2 Å². The number of nitrogens with zero attached hydrogens (tertiary/aromatic N) is 3. The lowest BCUT2D eigenvalue weighted by atomic mass is 10.0. The second-order valence-electron chi connectivity index (χ2n) is 6.51. The zero-order valence-electron chi connectivity index (χ0n) is 14.6. The third-order valence-electron chi connectivity index (χ3n) is 4.80. The fraction of sp³-hybridized carbons (Fsp3) is 0.500. The maximum absolute atomic E-state index is 4.74. The number of aromatic nitrogens is 2. The van der Waals surface area contributed by atoms with Crippen LogP contribution >= 0.6 is 0 Å². The van der Waals surface area contributed by atoms with Gasteiger partial charge in [-0.15, -0.1) is 0 Å². The smallest absolute Gasteiger partial charge is 0.224 e. The summed E-state index contributed by atoms with van der Waals surface area (Å²) in [5.74, 6) is 1.82. The Morgan fingerprint density at radius 2 is 2.04 bits per heavy atom. The molecule has 0 aliphatic carbocycles. The second kappa shape index (κ2) is 8.67. The van der Waals surface area contributed by atoms with Crippen molar-refractivity contribution in [3.63, 3.8) is 0 Å². The van der Waals surface area contributed by atoms with Gasteiger partial charge in [0.25, 0.3) is 0 Å². The third kappa shape index (κ3) is 4.47. The van der Waals surface area contributed by atoms with Gasteiger partial charge in [0.15, 0.2) is 0 Å². The molecule has 4 heteroatoms. The molecular formula is C20H28N4. The predicted octanol–water partition coefficient (Wildman–Crippen LogP) is 4.29. The van der Waals surface area contributed by atoms with Crippen LogP contribution in [0.4, 0.5) is 11.8 Å². The van der Waals surface area contributed by atoms with Crippen molar-refractivity contribution in [1.82, 2.24) is 9.97 Å². The molecule has 128 valence electrons. The molecule has 1 aromatic carbocycles. The molecule has 24 heavy (non-hydrogen) atoms. The predicted molar refractivity (Wildman–Crippen MR) is 101 cm³/mol. The monoisotopic (exact) mass is 324 g/mol. The number of aryl methyl sites for hydroxylation is 1. The summed E-state index contributed by atoms with van der Waals surface area (Å²) in [5.41, 5.74) is 1.38. The summed E-state index contributed by atoms with van der Waals surface area (Å²) >= 11 is 0. The van der Waals surface area contributed by atoms with Crippen LogP contribution in [0.5, 0.6) is 0 Å². The molecule has 3 rings (SSSR count). The maximum atomic E-state index is 4.74. The van der Waals surface area contributed by atoms with E-state index in [0.717, 1.165) is 37.7 Å². The Morgan fingerprint density at radius 1 is 1.17 bits per heavy atom. The normalized spacial score (nSPS) is 17.7. The largest absolute Gasteiger partial charge is 0.354 e. The van der Waals surface area contributed by atoms with Crippen LogP contribution in [0.2, 0.25) is 0 Å². The summed E-state index contributed by atoms with van der Waals surface area (Å²) in [5, 5.41) is 3.38. The van der Waals surface area contributed by atoms with E-state index in [1.165, 1.54) is 31.2 Å². The SMILES string of the molecule is CCC1CCCCN1c1ccnc(NCCCc2ccccc2)n1. The third-order valence-corrected chi connectivity index (χ3v) is 4.80. The molecule has 0 spiro atoms. The lowest BCUT2D eigenvalue weighted by Gasteiger charge is -2.36. The van der Waals surface area contributed by atoms with Gasteiger partial charge in [-0.25, -0.2) is 4.98 Å². The van der Waals surface area contributed by atoms with Crippen molar-refractivity contribution in [2.24, 2.45) is 0 Å². The first-order valence-electron chi connectivity index (χ1n) is 9.24. The van der Waals surface area contributed by atoms with Crippen molar-refractivity contribution < 1.29 is 0 Å². The summed E-state index contributed by atoms with van der Waals surface area (Å²) in [6, 6.07) is 13.3. The Bertz CT molecular complexity index is 614. The van der Waals surface area contributed by atoms with Crippen LogP contribution in [0.25, 0.3) is 0 Å². The van der Waals surface area contributed by atoms with Gasteiger partial charge in [-0.1, -0.05) is 37.3 Å². The molecule has 1 aromatic heterocycles. The van der Waals surface area contributed by atoms with Gasteiger partial charge in [-0.2, -0.15) is 4.98 Å². The summed E-state index contributed by atoms with van der Waals surface area (Å²) in [6.45, 7) is 4.28. The highest BCUT2D eigenvalue weighted by Crippen LogP contribution is 2.25. The number of benzene rings is 1. The number of piperidine rings is 1. The van der Waals surface area contributed by atoms with E-state index in [1.54, 1.807) is 0 Å². The van der Waals surface area contributed by atoms with Gasteiger partial charge in [0.05, 0.1) is 0 Å². The summed E-state index contributed by atoms with van der Waals surface area (Å²) in [4.78, 5) is 11.6. The lowest BCUT2D eigenvalue weighted by molar-refractivity contribution is 0.447. The second-order valence-corrected chi connectivity index (χ2v) is 6.51. The Hall–Kier alpha value is -2.10. The molecule has 1 unspecified atom stereocenters.